The molecule has 0 aliphatic heterocycles. The molecule has 1 aromatic carbocycles. The lowest BCUT2D eigenvalue weighted by Gasteiger charge is -2.28. The fourth-order valence-electron chi connectivity index (χ4n) is 2.74. The van der Waals surface area contributed by atoms with Crippen LogP contribution in [0.25, 0.3) is 0 Å². The summed E-state index contributed by atoms with van der Waals surface area (Å²) in [5.74, 6) is 0.929. The molecule has 3 nitrogen and oxygen atoms in total. The average molecular weight is 304 g/mol. The average Bonchev–Trinajstić information content (AvgIpc) is 2.79. The Kier molecular flexibility index (Phi) is 5.39. The Hall–Kier alpha value is -1.36. The van der Waals surface area contributed by atoms with Crippen LogP contribution >= 0.6 is 11.3 Å². The molecule has 0 saturated heterocycles. The van der Waals surface area contributed by atoms with Crippen LogP contribution in [0.1, 0.15) is 26.9 Å². The zero-order chi connectivity index (χ0) is 15.4. The summed E-state index contributed by atoms with van der Waals surface area (Å²) in [6.45, 7) is 5.75. The number of hydrogen-bond acceptors (Lipinski definition) is 4. The van der Waals surface area contributed by atoms with E-state index in [4.69, 9.17) is 10.5 Å². The molecule has 0 radical (unpaired) electrons. The molecule has 0 spiro atoms. The van der Waals surface area contributed by atoms with Gasteiger partial charge in [-0.15, -0.1) is 11.3 Å². The highest BCUT2D eigenvalue weighted by atomic mass is 32.1. The minimum atomic E-state index is 0.236. The monoisotopic (exact) mass is 304 g/mol. The Morgan fingerprint density at radius 2 is 2.00 bits per heavy atom. The number of hydrogen-bond donors (Lipinski definition) is 1. The fraction of sp³-hybridized carbons (Fsp3) is 0.412. The van der Waals surface area contributed by atoms with E-state index in [1.807, 2.05) is 29.5 Å². The minimum absolute atomic E-state index is 0.236. The number of rotatable bonds is 6. The van der Waals surface area contributed by atoms with E-state index in [1.165, 1.54) is 20.9 Å². The van der Waals surface area contributed by atoms with Crippen molar-refractivity contribution >= 4 is 11.3 Å². The number of nitrogens with zero attached hydrogens (tertiary/aromatic N) is 1. The maximum Gasteiger partial charge on any atom is 0.123 e. The van der Waals surface area contributed by atoms with Crippen LogP contribution in [0.3, 0.4) is 0 Å². The molecule has 0 aliphatic rings. The molecule has 4 heteroatoms. The lowest BCUT2D eigenvalue weighted by molar-refractivity contribution is 0.238. The number of thiophene rings is 1. The number of para-hydroxylation sites is 1. The molecule has 0 fully saturated rings. The first-order valence-electron chi connectivity index (χ1n) is 7.16. The Morgan fingerprint density at radius 3 is 2.57 bits per heavy atom. The van der Waals surface area contributed by atoms with Gasteiger partial charge in [0.25, 0.3) is 0 Å². The van der Waals surface area contributed by atoms with E-state index in [0.717, 1.165) is 12.3 Å². The number of benzene rings is 1. The van der Waals surface area contributed by atoms with Crippen LogP contribution in [0.4, 0.5) is 0 Å². The smallest absolute Gasteiger partial charge is 0.123 e. The van der Waals surface area contributed by atoms with Crippen molar-refractivity contribution in [3.63, 3.8) is 0 Å². The van der Waals surface area contributed by atoms with Crippen molar-refractivity contribution in [1.82, 2.24) is 4.90 Å². The molecular formula is C17H24N2OS. The van der Waals surface area contributed by atoms with Crippen LogP contribution < -0.4 is 10.5 Å². The zero-order valence-electron chi connectivity index (χ0n) is 13.2. The summed E-state index contributed by atoms with van der Waals surface area (Å²) in [5.41, 5.74) is 8.57. The highest BCUT2D eigenvalue weighted by Gasteiger charge is 2.20. The summed E-state index contributed by atoms with van der Waals surface area (Å²) in [6, 6.07) is 10.6. The highest BCUT2D eigenvalue weighted by Crippen LogP contribution is 2.30. The van der Waals surface area contributed by atoms with Gasteiger partial charge in [-0.1, -0.05) is 18.2 Å². The minimum Gasteiger partial charge on any atom is -0.496 e. The summed E-state index contributed by atoms with van der Waals surface area (Å²) < 4.78 is 5.44. The van der Waals surface area contributed by atoms with E-state index in [2.05, 4.69) is 37.9 Å². The lowest BCUT2D eigenvalue weighted by Crippen LogP contribution is -2.30. The van der Waals surface area contributed by atoms with Crippen molar-refractivity contribution in [3.8, 4) is 5.75 Å². The third-order valence-corrected chi connectivity index (χ3v) is 4.79. The van der Waals surface area contributed by atoms with Gasteiger partial charge in [0.1, 0.15) is 5.75 Å². The molecule has 0 amide bonds. The van der Waals surface area contributed by atoms with Gasteiger partial charge >= 0.3 is 0 Å². The Balaban J connectivity index is 2.21. The maximum atomic E-state index is 6.04. The molecule has 0 saturated carbocycles. The molecule has 1 heterocycles. The molecule has 21 heavy (non-hydrogen) atoms. The number of methoxy groups -OCH3 is 1. The van der Waals surface area contributed by atoms with Gasteiger partial charge in [0.2, 0.25) is 0 Å². The molecule has 2 N–H and O–H groups in total. The van der Waals surface area contributed by atoms with Crippen LogP contribution in [0.15, 0.2) is 30.3 Å². The lowest BCUT2D eigenvalue weighted by atomic mass is 10.1. The molecule has 114 valence electrons. The summed E-state index contributed by atoms with van der Waals surface area (Å²) in [6.07, 6.45) is 0. The van der Waals surface area contributed by atoms with E-state index in [0.29, 0.717) is 6.54 Å². The number of aryl methyl sites for hydroxylation is 2. The Labute approximate surface area is 131 Å². The topological polar surface area (TPSA) is 38.5 Å². The van der Waals surface area contributed by atoms with Crippen LogP contribution in [0.2, 0.25) is 0 Å². The Bertz CT molecular complexity index is 594. The van der Waals surface area contributed by atoms with Crippen molar-refractivity contribution in [2.75, 3.05) is 20.7 Å². The van der Waals surface area contributed by atoms with Crippen molar-refractivity contribution in [1.29, 1.82) is 0 Å². The quantitative estimate of drug-likeness (QED) is 0.887. The van der Waals surface area contributed by atoms with Crippen molar-refractivity contribution in [3.05, 3.63) is 51.2 Å². The van der Waals surface area contributed by atoms with E-state index < -0.39 is 0 Å². The molecule has 1 unspecified atom stereocenters. The molecule has 1 atom stereocenters. The van der Waals surface area contributed by atoms with Gasteiger partial charge in [-0.2, -0.15) is 0 Å². The number of ether oxygens (including phenoxy) is 1. The first-order chi connectivity index (χ1) is 10.1. The normalized spacial score (nSPS) is 12.7. The third kappa shape index (κ3) is 3.64. The van der Waals surface area contributed by atoms with Gasteiger partial charge in [0.15, 0.2) is 0 Å². The van der Waals surface area contributed by atoms with Crippen LogP contribution in [-0.4, -0.2) is 25.6 Å². The molecule has 2 aromatic rings. The van der Waals surface area contributed by atoms with E-state index in [9.17, 15) is 0 Å². The van der Waals surface area contributed by atoms with Gasteiger partial charge < -0.3 is 10.5 Å². The van der Waals surface area contributed by atoms with Crippen LogP contribution in [0.5, 0.6) is 5.75 Å². The van der Waals surface area contributed by atoms with Gasteiger partial charge in [-0.3, -0.25) is 4.90 Å². The summed E-state index contributed by atoms with van der Waals surface area (Å²) >= 11 is 1.84. The zero-order valence-corrected chi connectivity index (χ0v) is 14.0. The van der Waals surface area contributed by atoms with Crippen molar-refractivity contribution in [2.24, 2.45) is 5.73 Å². The predicted octanol–water partition coefficient (Wildman–Crippen LogP) is 3.51. The molecule has 1 aromatic heterocycles. The third-order valence-electron chi connectivity index (χ3n) is 3.81. The van der Waals surface area contributed by atoms with Crippen LogP contribution in [0, 0.1) is 13.8 Å². The number of nitrogens with two attached hydrogens (primary N) is 1. The van der Waals surface area contributed by atoms with Gasteiger partial charge in [-0.25, -0.2) is 0 Å². The second-order valence-corrected chi connectivity index (χ2v) is 6.81. The molecule has 2 rings (SSSR count). The summed E-state index contributed by atoms with van der Waals surface area (Å²) in [7, 11) is 3.84. The molecular weight excluding hydrogens is 280 g/mol. The van der Waals surface area contributed by atoms with Gasteiger partial charge in [0, 0.05) is 34.4 Å². The number of likely N-dealkylation sites (N-methyl/N-ethyl adjacent to an activating group) is 1. The first kappa shape index (κ1) is 16.0. The standard InChI is InChI=1S/C17H24N2OS/c1-12-9-15(13(2)21-12)16(10-18)19(3)11-14-7-5-6-8-17(14)20-4/h5-9,16H,10-11,18H2,1-4H3. The van der Waals surface area contributed by atoms with Crippen molar-refractivity contribution < 1.29 is 4.74 Å². The van der Waals surface area contributed by atoms with Gasteiger partial charge in [0.05, 0.1) is 7.11 Å². The second kappa shape index (κ2) is 7.07. The maximum absolute atomic E-state index is 6.04. The SMILES string of the molecule is COc1ccccc1CN(C)C(CN)c1cc(C)sc1C. The van der Waals surface area contributed by atoms with Crippen molar-refractivity contribution in [2.45, 2.75) is 26.4 Å². The predicted molar refractivity (Wildman–Crippen MR) is 90.0 cm³/mol. The summed E-state index contributed by atoms with van der Waals surface area (Å²) in [4.78, 5) is 4.99. The molecule has 0 bridgehead atoms. The largest absolute Gasteiger partial charge is 0.496 e. The second-order valence-electron chi connectivity index (χ2n) is 5.35. The van der Waals surface area contributed by atoms with E-state index >= 15 is 0 Å². The highest BCUT2D eigenvalue weighted by molar-refractivity contribution is 7.12. The Morgan fingerprint density at radius 1 is 1.29 bits per heavy atom. The van der Waals surface area contributed by atoms with Crippen LogP contribution in [-0.2, 0) is 6.54 Å². The molecule has 0 aliphatic carbocycles. The van der Waals surface area contributed by atoms with E-state index in [-0.39, 0.29) is 6.04 Å². The van der Waals surface area contributed by atoms with E-state index in [1.54, 1.807) is 7.11 Å². The first-order valence-corrected chi connectivity index (χ1v) is 7.97. The fourth-order valence-corrected chi connectivity index (χ4v) is 3.72. The van der Waals surface area contributed by atoms with Gasteiger partial charge in [-0.05, 0) is 38.6 Å². The summed E-state index contributed by atoms with van der Waals surface area (Å²) in [5, 5.41) is 0.